The molecule has 5 nitrogen and oxygen atoms in total. The van der Waals surface area contributed by atoms with Crippen LogP contribution in [0.5, 0.6) is 0 Å². The van der Waals surface area contributed by atoms with Crippen LogP contribution in [0.4, 0.5) is 13.2 Å². The van der Waals surface area contributed by atoms with Crippen LogP contribution in [0.25, 0.3) is 22.8 Å². The lowest BCUT2D eigenvalue weighted by molar-refractivity contribution is -0.141. The molecular weight excluding hydrogens is 270 g/mol. The average Bonchev–Trinajstić information content (AvgIpc) is 2.81. The summed E-state index contributed by atoms with van der Waals surface area (Å²) in [5.74, 6) is 0.150. The Kier molecular flexibility index (Phi) is 2.70. The van der Waals surface area contributed by atoms with Crippen LogP contribution in [0.1, 0.15) is 5.69 Å². The normalized spacial score (nSPS) is 11.9. The number of halogens is 3. The van der Waals surface area contributed by atoms with Gasteiger partial charge in [-0.05, 0) is 12.1 Å². The van der Waals surface area contributed by atoms with Crippen LogP contribution in [-0.4, -0.2) is 32.8 Å². The summed E-state index contributed by atoms with van der Waals surface area (Å²) in [4.78, 5) is 18.2. The third-order valence-electron chi connectivity index (χ3n) is 2.51. The largest absolute Gasteiger partial charge is 0.433 e. The summed E-state index contributed by atoms with van der Waals surface area (Å²) in [6.07, 6.45) is -3.20. The highest BCUT2D eigenvalue weighted by molar-refractivity contribution is 6.30. The van der Waals surface area contributed by atoms with Crippen molar-refractivity contribution < 1.29 is 13.2 Å². The number of pyridine rings is 1. The molecule has 3 heterocycles. The summed E-state index contributed by atoms with van der Waals surface area (Å²) < 4.78 is 37.8. The lowest BCUT2D eigenvalue weighted by atomic mass is 10.1. The van der Waals surface area contributed by atoms with Crippen molar-refractivity contribution >= 4 is 24.7 Å². The Morgan fingerprint density at radius 3 is 2.65 bits per heavy atom. The van der Waals surface area contributed by atoms with E-state index in [-0.39, 0.29) is 22.8 Å². The zero-order valence-electron chi connectivity index (χ0n) is 9.81. The molecule has 0 aliphatic carbocycles. The zero-order chi connectivity index (χ0) is 14.3. The van der Waals surface area contributed by atoms with E-state index < -0.39 is 11.9 Å². The molecular formula is C11H5BF3N5. The minimum Gasteiger partial charge on any atom is -0.320 e. The number of fused-ring (bicyclic) bond motifs is 1. The van der Waals surface area contributed by atoms with E-state index in [1.54, 1.807) is 0 Å². The molecule has 0 aliphatic rings. The Morgan fingerprint density at radius 1 is 1.10 bits per heavy atom. The molecule has 0 atom stereocenters. The molecule has 0 fully saturated rings. The first kappa shape index (κ1) is 12.6. The standard InChI is InChI=1S/C11H5BF3N5/c12-7-4-16-9-10(18-7)20-8(19-9)5-2-1-3-6(17-5)11(13,14)15/h1-4H,(H,16,18,19,20). The molecule has 1 N–H and O–H groups in total. The van der Waals surface area contributed by atoms with E-state index in [0.29, 0.717) is 5.65 Å². The maximum atomic E-state index is 12.6. The van der Waals surface area contributed by atoms with E-state index in [1.807, 2.05) is 0 Å². The third kappa shape index (κ3) is 2.22. The van der Waals surface area contributed by atoms with Gasteiger partial charge in [0, 0.05) is 11.8 Å². The fraction of sp³-hybridized carbons (Fsp3) is 0.0909. The van der Waals surface area contributed by atoms with E-state index in [9.17, 15) is 13.2 Å². The molecule has 0 aromatic carbocycles. The molecule has 20 heavy (non-hydrogen) atoms. The topological polar surface area (TPSA) is 67.3 Å². The first-order valence-corrected chi connectivity index (χ1v) is 5.46. The molecule has 0 unspecified atom stereocenters. The Morgan fingerprint density at radius 2 is 1.90 bits per heavy atom. The monoisotopic (exact) mass is 275 g/mol. The lowest BCUT2D eigenvalue weighted by Gasteiger charge is -2.05. The molecule has 0 amide bonds. The predicted molar refractivity (Wildman–Crippen MR) is 65.3 cm³/mol. The fourth-order valence-electron chi connectivity index (χ4n) is 1.65. The predicted octanol–water partition coefficient (Wildman–Crippen LogP) is 1.23. The fourth-order valence-corrected chi connectivity index (χ4v) is 1.65. The van der Waals surface area contributed by atoms with Crippen molar-refractivity contribution in [2.24, 2.45) is 0 Å². The summed E-state index contributed by atoms with van der Waals surface area (Å²) in [7, 11) is 5.47. The number of nitrogens with one attached hydrogen (secondary N) is 1. The minimum absolute atomic E-state index is 0.0539. The first-order chi connectivity index (χ1) is 9.43. The highest BCUT2D eigenvalue weighted by Crippen LogP contribution is 2.28. The number of rotatable bonds is 1. The van der Waals surface area contributed by atoms with Crippen LogP contribution in [0.3, 0.4) is 0 Å². The minimum atomic E-state index is -4.51. The van der Waals surface area contributed by atoms with Gasteiger partial charge in [-0.3, -0.25) is 0 Å². The smallest absolute Gasteiger partial charge is 0.320 e. The zero-order valence-corrected chi connectivity index (χ0v) is 9.81. The van der Waals surface area contributed by atoms with Crippen LogP contribution in [-0.2, 0) is 6.18 Å². The van der Waals surface area contributed by atoms with Gasteiger partial charge in [0.15, 0.2) is 17.1 Å². The van der Waals surface area contributed by atoms with Gasteiger partial charge >= 0.3 is 6.18 Å². The maximum Gasteiger partial charge on any atom is 0.433 e. The van der Waals surface area contributed by atoms with Gasteiger partial charge in [-0.15, -0.1) is 0 Å². The SMILES string of the molecule is [B]c1cnc2nc(-c3cccc(C(F)(F)F)n3)[nH]c2n1. The van der Waals surface area contributed by atoms with Gasteiger partial charge in [0.2, 0.25) is 0 Å². The molecule has 3 aromatic heterocycles. The number of alkyl halides is 3. The summed E-state index contributed by atoms with van der Waals surface area (Å²) in [5, 5.41) is 0. The van der Waals surface area contributed by atoms with Crippen LogP contribution < -0.4 is 5.59 Å². The molecule has 0 aliphatic heterocycles. The Labute approximate surface area is 111 Å². The number of hydrogen-bond acceptors (Lipinski definition) is 4. The van der Waals surface area contributed by atoms with E-state index in [4.69, 9.17) is 7.85 Å². The molecule has 0 saturated carbocycles. The number of aromatic nitrogens is 5. The van der Waals surface area contributed by atoms with E-state index in [0.717, 1.165) is 6.07 Å². The molecule has 0 saturated heterocycles. The molecule has 3 rings (SSSR count). The number of hydrogen-bond donors (Lipinski definition) is 1. The molecule has 9 heteroatoms. The van der Waals surface area contributed by atoms with Crippen molar-refractivity contribution in [2.45, 2.75) is 6.18 Å². The van der Waals surface area contributed by atoms with Crippen molar-refractivity contribution in [3.05, 3.63) is 30.1 Å². The highest BCUT2D eigenvalue weighted by atomic mass is 19.4. The Balaban J connectivity index is 2.11. The number of imidazole rings is 1. The van der Waals surface area contributed by atoms with Gasteiger partial charge in [-0.25, -0.2) is 19.9 Å². The second kappa shape index (κ2) is 4.29. The second-order valence-corrected chi connectivity index (χ2v) is 3.96. The number of H-pyrrole nitrogens is 1. The van der Waals surface area contributed by atoms with Gasteiger partial charge in [-0.2, -0.15) is 13.2 Å². The lowest BCUT2D eigenvalue weighted by Crippen LogP contribution is -2.08. The molecule has 0 spiro atoms. The Hall–Kier alpha value is -2.45. The van der Waals surface area contributed by atoms with Crippen LogP contribution >= 0.6 is 0 Å². The molecule has 2 radical (unpaired) electrons. The average molecular weight is 275 g/mol. The first-order valence-electron chi connectivity index (χ1n) is 5.46. The van der Waals surface area contributed by atoms with E-state index in [2.05, 4.69) is 24.9 Å². The van der Waals surface area contributed by atoms with Crippen LogP contribution in [0.15, 0.2) is 24.4 Å². The number of nitrogens with zero attached hydrogens (tertiary/aromatic N) is 4. The van der Waals surface area contributed by atoms with Crippen molar-refractivity contribution in [3.8, 4) is 11.5 Å². The summed E-state index contributed by atoms with van der Waals surface area (Å²) in [6, 6.07) is 3.56. The van der Waals surface area contributed by atoms with Crippen molar-refractivity contribution in [1.29, 1.82) is 0 Å². The van der Waals surface area contributed by atoms with E-state index >= 15 is 0 Å². The quantitative estimate of drug-likeness (QED) is 0.678. The van der Waals surface area contributed by atoms with E-state index in [1.165, 1.54) is 18.3 Å². The third-order valence-corrected chi connectivity index (χ3v) is 2.51. The summed E-state index contributed by atoms with van der Waals surface area (Å²) >= 11 is 0. The highest BCUT2D eigenvalue weighted by Gasteiger charge is 2.32. The van der Waals surface area contributed by atoms with Crippen LogP contribution in [0, 0.1) is 0 Å². The van der Waals surface area contributed by atoms with Crippen molar-refractivity contribution in [1.82, 2.24) is 24.9 Å². The molecule has 0 bridgehead atoms. The summed E-state index contributed by atoms with van der Waals surface area (Å²) in [6.45, 7) is 0. The second-order valence-electron chi connectivity index (χ2n) is 3.96. The van der Waals surface area contributed by atoms with Crippen molar-refractivity contribution in [2.75, 3.05) is 0 Å². The van der Waals surface area contributed by atoms with Gasteiger partial charge in [-0.1, -0.05) is 6.07 Å². The van der Waals surface area contributed by atoms with Gasteiger partial charge < -0.3 is 4.98 Å². The number of aromatic amines is 1. The van der Waals surface area contributed by atoms with Crippen LogP contribution in [0.2, 0.25) is 0 Å². The molecule has 98 valence electrons. The van der Waals surface area contributed by atoms with Gasteiger partial charge in [0.1, 0.15) is 19.2 Å². The Bertz CT molecular complexity index is 783. The van der Waals surface area contributed by atoms with Crippen molar-refractivity contribution in [3.63, 3.8) is 0 Å². The maximum absolute atomic E-state index is 12.6. The summed E-state index contributed by atoms with van der Waals surface area (Å²) in [5.41, 5.74) is -0.202. The van der Waals surface area contributed by atoms with Gasteiger partial charge in [0.25, 0.3) is 0 Å². The molecule has 3 aromatic rings. The van der Waals surface area contributed by atoms with Gasteiger partial charge in [0.05, 0.1) is 0 Å².